The van der Waals surface area contributed by atoms with Crippen molar-refractivity contribution in [2.24, 2.45) is 11.8 Å². The third-order valence-corrected chi connectivity index (χ3v) is 5.61. The molecule has 0 radical (unpaired) electrons. The lowest BCUT2D eigenvalue weighted by Crippen LogP contribution is -2.38. The molecule has 2 aromatic heterocycles. The van der Waals surface area contributed by atoms with Crippen LogP contribution in [0.2, 0.25) is 0 Å². The molecule has 132 valence electrons. The number of aryl methyl sites for hydroxylation is 1. The SMILES string of the molecule is Cc1ccoc1C(=O)N1CC[C@@H](C2CCN(c3ncccn3)CC2)C1. The van der Waals surface area contributed by atoms with Gasteiger partial charge in [-0.3, -0.25) is 4.79 Å². The number of amides is 1. The van der Waals surface area contributed by atoms with Crippen LogP contribution in [0.3, 0.4) is 0 Å². The number of likely N-dealkylation sites (tertiary alicyclic amines) is 1. The van der Waals surface area contributed by atoms with E-state index in [-0.39, 0.29) is 5.91 Å². The molecule has 4 heterocycles. The predicted molar refractivity (Wildman–Crippen MR) is 94.4 cm³/mol. The summed E-state index contributed by atoms with van der Waals surface area (Å²) >= 11 is 0. The van der Waals surface area contributed by atoms with E-state index in [1.807, 2.05) is 24.0 Å². The lowest BCUT2D eigenvalue weighted by atomic mass is 9.84. The highest BCUT2D eigenvalue weighted by Crippen LogP contribution is 2.33. The Kier molecular flexibility index (Phi) is 4.42. The zero-order chi connectivity index (χ0) is 17.2. The van der Waals surface area contributed by atoms with E-state index < -0.39 is 0 Å². The van der Waals surface area contributed by atoms with E-state index in [0.717, 1.165) is 57.0 Å². The fraction of sp³-hybridized carbons (Fsp3) is 0.526. The molecule has 0 spiro atoms. The second-order valence-electron chi connectivity index (χ2n) is 7.11. The second-order valence-corrected chi connectivity index (χ2v) is 7.11. The summed E-state index contributed by atoms with van der Waals surface area (Å²) in [5, 5.41) is 0. The average molecular weight is 340 g/mol. The molecule has 0 unspecified atom stereocenters. The topological polar surface area (TPSA) is 62.5 Å². The summed E-state index contributed by atoms with van der Waals surface area (Å²) in [6.45, 7) is 5.61. The van der Waals surface area contributed by atoms with Gasteiger partial charge in [-0.05, 0) is 50.2 Å². The summed E-state index contributed by atoms with van der Waals surface area (Å²) in [6, 6.07) is 3.70. The molecular formula is C19H24N4O2. The van der Waals surface area contributed by atoms with Crippen LogP contribution < -0.4 is 4.90 Å². The Morgan fingerprint density at radius 2 is 1.84 bits per heavy atom. The quantitative estimate of drug-likeness (QED) is 0.860. The second kappa shape index (κ2) is 6.86. The van der Waals surface area contributed by atoms with Crippen molar-refractivity contribution >= 4 is 11.9 Å². The normalized spacial score (nSPS) is 21.7. The lowest BCUT2D eigenvalue weighted by molar-refractivity contribution is 0.0748. The predicted octanol–water partition coefficient (Wildman–Crippen LogP) is 2.76. The van der Waals surface area contributed by atoms with E-state index in [4.69, 9.17) is 4.42 Å². The molecule has 25 heavy (non-hydrogen) atoms. The number of hydrogen-bond acceptors (Lipinski definition) is 5. The fourth-order valence-corrected chi connectivity index (χ4v) is 4.12. The molecular weight excluding hydrogens is 316 g/mol. The number of piperidine rings is 1. The van der Waals surface area contributed by atoms with Gasteiger partial charge in [-0.25, -0.2) is 9.97 Å². The van der Waals surface area contributed by atoms with Crippen molar-refractivity contribution in [2.75, 3.05) is 31.1 Å². The van der Waals surface area contributed by atoms with E-state index >= 15 is 0 Å². The van der Waals surface area contributed by atoms with E-state index in [1.165, 1.54) is 0 Å². The molecule has 2 fully saturated rings. The van der Waals surface area contributed by atoms with Gasteiger partial charge >= 0.3 is 0 Å². The van der Waals surface area contributed by atoms with Crippen LogP contribution in [0.4, 0.5) is 5.95 Å². The van der Waals surface area contributed by atoms with Crippen molar-refractivity contribution in [3.63, 3.8) is 0 Å². The minimum absolute atomic E-state index is 0.0418. The number of aromatic nitrogens is 2. The van der Waals surface area contributed by atoms with Crippen LogP contribution in [0.25, 0.3) is 0 Å². The van der Waals surface area contributed by atoms with Gasteiger partial charge in [0, 0.05) is 44.1 Å². The number of carbonyl (C=O) groups excluding carboxylic acids is 1. The molecule has 4 rings (SSSR count). The molecule has 0 bridgehead atoms. The van der Waals surface area contributed by atoms with Crippen molar-refractivity contribution in [1.29, 1.82) is 0 Å². The van der Waals surface area contributed by atoms with Gasteiger partial charge < -0.3 is 14.2 Å². The molecule has 6 heteroatoms. The number of furan rings is 1. The zero-order valence-corrected chi connectivity index (χ0v) is 14.6. The van der Waals surface area contributed by atoms with Crippen LogP contribution in [-0.2, 0) is 0 Å². The van der Waals surface area contributed by atoms with Crippen molar-refractivity contribution in [1.82, 2.24) is 14.9 Å². The molecule has 0 saturated carbocycles. The first-order valence-electron chi connectivity index (χ1n) is 9.07. The Morgan fingerprint density at radius 3 is 2.52 bits per heavy atom. The minimum atomic E-state index is 0.0418. The third kappa shape index (κ3) is 3.25. The first-order valence-corrected chi connectivity index (χ1v) is 9.07. The van der Waals surface area contributed by atoms with E-state index in [9.17, 15) is 4.79 Å². The molecule has 2 aromatic rings. The molecule has 2 saturated heterocycles. The van der Waals surface area contributed by atoms with Gasteiger partial charge in [-0.2, -0.15) is 0 Å². The average Bonchev–Trinajstić information content (AvgIpc) is 3.31. The number of carbonyl (C=O) groups is 1. The summed E-state index contributed by atoms with van der Waals surface area (Å²) in [6.07, 6.45) is 8.57. The van der Waals surface area contributed by atoms with Gasteiger partial charge in [-0.15, -0.1) is 0 Å². The Bertz CT molecular complexity index is 722. The van der Waals surface area contributed by atoms with Gasteiger partial charge in [0.05, 0.1) is 6.26 Å². The van der Waals surface area contributed by atoms with Crippen LogP contribution in [-0.4, -0.2) is 47.0 Å². The maximum absolute atomic E-state index is 12.6. The standard InChI is InChI=1S/C19H24N4O2/c1-14-6-12-25-17(14)18(24)23-11-5-16(13-23)15-3-9-22(10-4-15)19-20-7-2-8-21-19/h2,6-8,12,15-16H,3-5,9-11,13H2,1H3/t16-/m1/s1. The Balaban J connectivity index is 1.33. The molecule has 2 aliphatic heterocycles. The van der Waals surface area contributed by atoms with E-state index in [1.54, 1.807) is 18.7 Å². The maximum atomic E-state index is 12.6. The smallest absolute Gasteiger partial charge is 0.289 e. The molecule has 0 N–H and O–H groups in total. The first kappa shape index (κ1) is 16.1. The highest BCUT2D eigenvalue weighted by Gasteiger charge is 2.35. The van der Waals surface area contributed by atoms with Crippen LogP contribution >= 0.6 is 0 Å². The number of rotatable bonds is 3. The Hall–Kier alpha value is -2.37. The zero-order valence-electron chi connectivity index (χ0n) is 14.6. The van der Waals surface area contributed by atoms with Crippen LogP contribution in [0.1, 0.15) is 35.4 Å². The van der Waals surface area contributed by atoms with E-state index in [0.29, 0.717) is 17.6 Å². The molecule has 0 aliphatic carbocycles. The monoisotopic (exact) mass is 340 g/mol. The van der Waals surface area contributed by atoms with Gasteiger partial charge in [0.15, 0.2) is 5.76 Å². The van der Waals surface area contributed by atoms with Crippen molar-refractivity contribution in [3.05, 3.63) is 42.1 Å². The minimum Gasteiger partial charge on any atom is -0.459 e. The fourth-order valence-electron chi connectivity index (χ4n) is 4.12. The Labute approximate surface area is 147 Å². The molecule has 2 aliphatic rings. The maximum Gasteiger partial charge on any atom is 0.289 e. The van der Waals surface area contributed by atoms with Crippen molar-refractivity contribution in [3.8, 4) is 0 Å². The van der Waals surface area contributed by atoms with Crippen LogP contribution in [0.15, 0.2) is 35.2 Å². The number of hydrogen-bond donors (Lipinski definition) is 0. The molecule has 0 aromatic carbocycles. The molecule has 1 amide bonds. The highest BCUT2D eigenvalue weighted by molar-refractivity contribution is 5.93. The van der Waals surface area contributed by atoms with Gasteiger partial charge in [0.25, 0.3) is 5.91 Å². The van der Waals surface area contributed by atoms with Crippen molar-refractivity contribution in [2.45, 2.75) is 26.2 Å². The van der Waals surface area contributed by atoms with Crippen molar-refractivity contribution < 1.29 is 9.21 Å². The largest absolute Gasteiger partial charge is 0.459 e. The van der Waals surface area contributed by atoms with E-state index in [2.05, 4.69) is 14.9 Å². The number of nitrogens with zero attached hydrogens (tertiary/aromatic N) is 4. The third-order valence-electron chi connectivity index (χ3n) is 5.61. The summed E-state index contributed by atoms with van der Waals surface area (Å²) in [5.74, 6) is 2.64. The summed E-state index contributed by atoms with van der Waals surface area (Å²) in [5.41, 5.74) is 0.921. The summed E-state index contributed by atoms with van der Waals surface area (Å²) in [4.78, 5) is 25.5. The van der Waals surface area contributed by atoms with Gasteiger partial charge in [0.2, 0.25) is 5.95 Å². The Morgan fingerprint density at radius 1 is 1.12 bits per heavy atom. The van der Waals surface area contributed by atoms with Gasteiger partial charge in [-0.1, -0.05) is 0 Å². The number of anilines is 1. The first-order chi connectivity index (χ1) is 12.2. The summed E-state index contributed by atoms with van der Waals surface area (Å²) < 4.78 is 5.37. The lowest BCUT2D eigenvalue weighted by Gasteiger charge is -2.34. The van der Waals surface area contributed by atoms with Crippen LogP contribution in [0.5, 0.6) is 0 Å². The summed E-state index contributed by atoms with van der Waals surface area (Å²) in [7, 11) is 0. The molecule has 1 atom stereocenters. The van der Waals surface area contributed by atoms with Crippen LogP contribution in [0, 0.1) is 18.8 Å². The highest BCUT2D eigenvalue weighted by atomic mass is 16.3. The molecule has 6 nitrogen and oxygen atoms in total. The van der Waals surface area contributed by atoms with Gasteiger partial charge in [0.1, 0.15) is 0 Å².